The Labute approximate surface area is 241 Å². The molecule has 2 aromatic carbocycles. The molecule has 0 aliphatic carbocycles. The van der Waals surface area contributed by atoms with E-state index in [1.807, 2.05) is 76.2 Å². The van der Waals surface area contributed by atoms with Crippen molar-refractivity contribution in [1.29, 1.82) is 0 Å². The molecule has 7 nitrogen and oxygen atoms in total. The molecule has 0 aliphatic rings. The fourth-order valence-electron chi connectivity index (χ4n) is 4.64. The van der Waals surface area contributed by atoms with Gasteiger partial charge < -0.3 is 20.3 Å². The summed E-state index contributed by atoms with van der Waals surface area (Å²) in [7, 11) is 0. The number of amides is 3. The zero-order valence-electron chi connectivity index (χ0n) is 25.7. The Morgan fingerprint density at radius 1 is 0.925 bits per heavy atom. The van der Waals surface area contributed by atoms with E-state index in [0.29, 0.717) is 6.54 Å². The molecule has 0 spiro atoms. The van der Waals surface area contributed by atoms with Crippen molar-refractivity contribution >= 4 is 17.9 Å². The van der Waals surface area contributed by atoms with Gasteiger partial charge in [-0.25, -0.2) is 4.79 Å². The molecule has 2 N–H and O–H groups in total. The largest absolute Gasteiger partial charge is 0.444 e. The average molecular weight is 552 g/mol. The summed E-state index contributed by atoms with van der Waals surface area (Å²) in [5.41, 5.74) is 2.91. The maximum absolute atomic E-state index is 14.5. The summed E-state index contributed by atoms with van der Waals surface area (Å²) < 4.78 is 5.53. The molecule has 0 aromatic heterocycles. The summed E-state index contributed by atoms with van der Waals surface area (Å²) in [6, 6.07) is 13.7. The average Bonchev–Trinajstić information content (AvgIpc) is 2.86. The number of nitrogens with zero attached hydrogens (tertiary/aromatic N) is 1. The maximum atomic E-state index is 14.5. The summed E-state index contributed by atoms with van der Waals surface area (Å²) >= 11 is 0. The third-order valence-corrected chi connectivity index (χ3v) is 6.53. The highest BCUT2D eigenvalue weighted by Crippen LogP contribution is 2.28. The summed E-state index contributed by atoms with van der Waals surface area (Å²) in [6.07, 6.45) is 3.39. The molecule has 7 heteroatoms. The number of carbonyl (C=O) groups is 3. The van der Waals surface area contributed by atoms with Crippen molar-refractivity contribution < 1.29 is 19.1 Å². The minimum atomic E-state index is -0.914. The predicted molar refractivity (Wildman–Crippen MR) is 161 cm³/mol. The van der Waals surface area contributed by atoms with Crippen LogP contribution >= 0.6 is 0 Å². The number of ether oxygens (including phenoxy) is 1. The first kappa shape index (κ1) is 32.9. The van der Waals surface area contributed by atoms with Crippen molar-refractivity contribution in [3.05, 3.63) is 70.8 Å². The second-order valence-electron chi connectivity index (χ2n) is 11.9. The van der Waals surface area contributed by atoms with Crippen LogP contribution in [0.15, 0.2) is 48.5 Å². The Morgan fingerprint density at radius 2 is 1.60 bits per heavy atom. The molecule has 0 saturated carbocycles. The first-order chi connectivity index (χ1) is 18.8. The minimum Gasteiger partial charge on any atom is -0.444 e. The molecule has 2 unspecified atom stereocenters. The molecule has 2 aromatic rings. The first-order valence-corrected chi connectivity index (χ1v) is 14.5. The fourth-order valence-corrected chi connectivity index (χ4v) is 4.64. The zero-order valence-corrected chi connectivity index (χ0v) is 25.7. The van der Waals surface area contributed by atoms with E-state index in [1.54, 1.807) is 25.7 Å². The van der Waals surface area contributed by atoms with Crippen molar-refractivity contribution in [2.24, 2.45) is 0 Å². The molecular weight excluding hydrogens is 502 g/mol. The lowest BCUT2D eigenvalue weighted by atomic mass is 9.95. The van der Waals surface area contributed by atoms with Crippen molar-refractivity contribution in [2.75, 3.05) is 6.54 Å². The van der Waals surface area contributed by atoms with Crippen LogP contribution in [0.3, 0.4) is 0 Å². The minimum absolute atomic E-state index is 0.0998. The molecule has 40 heavy (non-hydrogen) atoms. The number of alkyl carbamates (subject to hydrolysis) is 1. The molecule has 3 amide bonds. The van der Waals surface area contributed by atoms with E-state index in [1.165, 1.54) is 0 Å². The van der Waals surface area contributed by atoms with Crippen molar-refractivity contribution in [1.82, 2.24) is 15.5 Å². The lowest BCUT2D eigenvalue weighted by Crippen LogP contribution is -2.54. The molecule has 220 valence electrons. The van der Waals surface area contributed by atoms with E-state index in [2.05, 4.69) is 17.6 Å². The van der Waals surface area contributed by atoms with E-state index >= 15 is 0 Å². The van der Waals surface area contributed by atoms with E-state index in [0.717, 1.165) is 47.9 Å². The highest BCUT2D eigenvalue weighted by atomic mass is 16.6. The monoisotopic (exact) mass is 551 g/mol. The fraction of sp³-hybridized carbons (Fsp3) is 0.545. The van der Waals surface area contributed by atoms with Crippen LogP contribution in [0, 0.1) is 13.8 Å². The number of carbonyl (C=O) groups excluding carboxylic acids is 3. The third-order valence-electron chi connectivity index (χ3n) is 6.53. The van der Waals surface area contributed by atoms with Gasteiger partial charge in [0.1, 0.15) is 17.7 Å². The summed E-state index contributed by atoms with van der Waals surface area (Å²) in [6.45, 7) is 15.7. The smallest absolute Gasteiger partial charge is 0.408 e. The Bertz CT molecular complexity index is 1110. The van der Waals surface area contributed by atoms with Gasteiger partial charge in [-0.3, -0.25) is 9.59 Å². The van der Waals surface area contributed by atoms with Crippen molar-refractivity contribution in [3.63, 3.8) is 0 Å². The molecule has 0 heterocycles. The molecule has 2 atom stereocenters. The van der Waals surface area contributed by atoms with Gasteiger partial charge in [0.25, 0.3) is 0 Å². The Morgan fingerprint density at radius 3 is 2.20 bits per heavy atom. The third kappa shape index (κ3) is 10.7. The molecule has 0 bridgehead atoms. The number of benzene rings is 2. The molecule has 0 radical (unpaired) electrons. The van der Waals surface area contributed by atoms with Crippen molar-refractivity contribution in [2.45, 2.75) is 111 Å². The lowest BCUT2D eigenvalue weighted by molar-refractivity contribution is -0.142. The highest BCUT2D eigenvalue weighted by molar-refractivity contribution is 5.92. The zero-order chi connectivity index (χ0) is 29.9. The molecule has 0 fully saturated rings. The van der Waals surface area contributed by atoms with Crippen LogP contribution in [-0.4, -0.2) is 47.0 Å². The number of nitrogens with one attached hydrogen (secondary N) is 2. The molecule has 2 rings (SSSR count). The first-order valence-electron chi connectivity index (χ1n) is 14.5. The van der Waals surface area contributed by atoms with Gasteiger partial charge in [0.2, 0.25) is 11.8 Å². The quantitative estimate of drug-likeness (QED) is 0.282. The van der Waals surface area contributed by atoms with E-state index in [-0.39, 0.29) is 24.3 Å². The van der Waals surface area contributed by atoms with Gasteiger partial charge in [-0.1, -0.05) is 80.3 Å². The lowest BCUT2D eigenvalue weighted by Gasteiger charge is -2.35. The molecule has 0 aliphatic heterocycles. The van der Waals surface area contributed by atoms with E-state index in [9.17, 15) is 14.4 Å². The Balaban J connectivity index is 2.59. The number of hydrogen-bond donors (Lipinski definition) is 2. The van der Waals surface area contributed by atoms with Crippen LogP contribution < -0.4 is 10.6 Å². The van der Waals surface area contributed by atoms with Crippen LogP contribution in [0.4, 0.5) is 4.79 Å². The molecular formula is C33H49N3O4. The van der Waals surface area contributed by atoms with Crippen LogP contribution in [0.2, 0.25) is 0 Å². The standard InChI is InChI=1S/C33H49N3O4/c1-9-10-11-15-20-36(29(30(37)34-23(2)3)27-21-24(4)18-19-25(27)5)31(38)28(22-26-16-13-12-14-17-26)35-32(39)40-33(6,7)8/h12-14,16-19,21,23,28-29H,9-11,15,20,22H2,1-8H3,(H,34,37)(H,35,39). The second-order valence-corrected chi connectivity index (χ2v) is 11.9. The number of rotatable bonds is 13. The van der Waals surface area contributed by atoms with Crippen LogP contribution in [0.5, 0.6) is 0 Å². The number of aryl methyl sites for hydroxylation is 2. The topological polar surface area (TPSA) is 87.7 Å². The number of unbranched alkanes of at least 4 members (excludes halogenated alkanes) is 3. The normalized spacial score (nSPS) is 12.9. The van der Waals surface area contributed by atoms with Crippen LogP contribution in [-0.2, 0) is 20.7 Å². The second kappa shape index (κ2) is 15.4. The summed E-state index contributed by atoms with van der Waals surface area (Å²) in [4.78, 5) is 42.9. The van der Waals surface area contributed by atoms with E-state index < -0.39 is 23.8 Å². The Hall–Kier alpha value is -3.35. The van der Waals surface area contributed by atoms with E-state index in [4.69, 9.17) is 4.74 Å². The molecule has 0 saturated heterocycles. The van der Waals surface area contributed by atoms with Gasteiger partial charge >= 0.3 is 6.09 Å². The van der Waals surface area contributed by atoms with Crippen molar-refractivity contribution in [3.8, 4) is 0 Å². The predicted octanol–water partition coefficient (Wildman–Crippen LogP) is 6.41. The van der Waals surface area contributed by atoms with Crippen LogP contribution in [0.25, 0.3) is 0 Å². The number of hydrogen-bond acceptors (Lipinski definition) is 4. The maximum Gasteiger partial charge on any atom is 0.408 e. The van der Waals surface area contributed by atoms with Gasteiger partial charge in [-0.2, -0.15) is 0 Å². The van der Waals surface area contributed by atoms with Gasteiger partial charge in [0.15, 0.2) is 0 Å². The van der Waals surface area contributed by atoms with Gasteiger partial charge in [-0.05, 0) is 71.6 Å². The van der Waals surface area contributed by atoms with Gasteiger partial charge in [-0.15, -0.1) is 0 Å². The van der Waals surface area contributed by atoms with Gasteiger partial charge in [0, 0.05) is 19.0 Å². The Kier molecular flexibility index (Phi) is 12.7. The SMILES string of the molecule is CCCCCCN(C(=O)C(Cc1ccccc1)NC(=O)OC(C)(C)C)C(C(=O)NC(C)C)c1cc(C)ccc1C. The van der Waals surface area contributed by atoms with Crippen LogP contribution in [0.1, 0.15) is 95.5 Å². The summed E-state index contributed by atoms with van der Waals surface area (Å²) in [5.74, 6) is -0.542. The summed E-state index contributed by atoms with van der Waals surface area (Å²) in [5, 5.41) is 5.87. The van der Waals surface area contributed by atoms with Gasteiger partial charge in [0.05, 0.1) is 0 Å². The highest BCUT2D eigenvalue weighted by Gasteiger charge is 2.37.